The van der Waals surface area contributed by atoms with Crippen LogP contribution in [0.15, 0.2) is 18.2 Å². The van der Waals surface area contributed by atoms with Gasteiger partial charge in [-0.15, -0.1) is 0 Å². The second-order valence-corrected chi connectivity index (χ2v) is 4.89. The standard InChI is InChI=1S/C14H14F3N3O/c1-21-10-5-8(4-9(6-10)14(15,16)17)13-19-11-2-3-18-7-12(11)20-13/h4-6,18H,2-3,7H2,1H3,(H,19,20). The maximum atomic E-state index is 12.9. The van der Waals surface area contributed by atoms with E-state index in [2.05, 4.69) is 15.3 Å². The Hall–Kier alpha value is -2.02. The largest absolute Gasteiger partial charge is 0.497 e. The Balaban J connectivity index is 2.07. The number of nitrogens with one attached hydrogen (secondary N) is 2. The number of imidazole rings is 1. The Labute approximate surface area is 119 Å². The molecule has 0 unspecified atom stereocenters. The number of aromatic amines is 1. The number of H-pyrrole nitrogens is 1. The van der Waals surface area contributed by atoms with Crippen molar-refractivity contribution in [3.8, 4) is 17.1 Å². The number of hydrogen-bond donors (Lipinski definition) is 2. The van der Waals surface area contributed by atoms with Crippen molar-refractivity contribution >= 4 is 0 Å². The number of methoxy groups -OCH3 is 1. The smallest absolute Gasteiger partial charge is 0.416 e. The molecule has 0 fully saturated rings. The summed E-state index contributed by atoms with van der Waals surface area (Å²) in [6.07, 6.45) is -3.65. The average Bonchev–Trinajstić information content (AvgIpc) is 2.89. The molecule has 1 aromatic carbocycles. The summed E-state index contributed by atoms with van der Waals surface area (Å²) < 4.78 is 43.8. The summed E-state index contributed by atoms with van der Waals surface area (Å²) in [4.78, 5) is 7.48. The van der Waals surface area contributed by atoms with Crippen LogP contribution < -0.4 is 10.1 Å². The number of aromatic nitrogens is 2. The molecule has 0 saturated heterocycles. The molecular formula is C14H14F3N3O. The monoisotopic (exact) mass is 297 g/mol. The van der Waals surface area contributed by atoms with Crippen molar-refractivity contribution in [3.05, 3.63) is 35.2 Å². The number of nitrogens with zero attached hydrogens (tertiary/aromatic N) is 1. The van der Waals surface area contributed by atoms with E-state index in [1.807, 2.05) is 0 Å². The fraction of sp³-hybridized carbons (Fsp3) is 0.357. The molecule has 2 heterocycles. The van der Waals surface area contributed by atoms with Gasteiger partial charge in [0, 0.05) is 25.1 Å². The van der Waals surface area contributed by atoms with Crippen LogP contribution in [-0.2, 0) is 19.1 Å². The van der Waals surface area contributed by atoms with Crippen LogP contribution in [0, 0.1) is 0 Å². The van der Waals surface area contributed by atoms with E-state index >= 15 is 0 Å². The van der Waals surface area contributed by atoms with Gasteiger partial charge in [0.25, 0.3) is 0 Å². The Kier molecular flexibility index (Phi) is 3.36. The molecule has 1 aromatic heterocycles. The number of rotatable bonds is 2. The third-order valence-electron chi connectivity index (χ3n) is 3.45. The molecule has 2 N–H and O–H groups in total. The Morgan fingerprint density at radius 1 is 1.24 bits per heavy atom. The molecule has 1 aliphatic rings. The lowest BCUT2D eigenvalue weighted by Gasteiger charge is -2.10. The van der Waals surface area contributed by atoms with Gasteiger partial charge < -0.3 is 15.0 Å². The normalized spacial score (nSPS) is 14.9. The number of ether oxygens (including phenoxy) is 1. The molecule has 3 rings (SSSR count). The number of hydrogen-bond acceptors (Lipinski definition) is 3. The van der Waals surface area contributed by atoms with Crippen molar-refractivity contribution in [1.82, 2.24) is 15.3 Å². The SMILES string of the molecule is COc1cc(-c2nc3c([nH]2)CNCC3)cc(C(F)(F)F)c1. The first-order chi connectivity index (χ1) is 9.97. The van der Waals surface area contributed by atoms with E-state index in [-0.39, 0.29) is 5.75 Å². The Morgan fingerprint density at radius 3 is 2.71 bits per heavy atom. The maximum absolute atomic E-state index is 12.9. The van der Waals surface area contributed by atoms with Crippen LogP contribution in [0.4, 0.5) is 13.2 Å². The molecule has 2 aromatic rings. The predicted octanol–water partition coefficient (Wildman–Crippen LogP) is 2.75. The van der Waals surface area contributed by atoms with Crippen LogP contribution in [0.1, 0.15) is 17.0 Å². The first kappa shape index (κ1) is 13.9. The third kappa shape index (κ3) is 2.73. The summed E-state index contributed by atoms with van der Waals surface area (Å²) in [5.41, 5.74) is 1.45. The van der Waals surface area contributed by atoms with E-state index < -0.39 is 11.7 Å². The van der Waals surface area contributed by atoms with Gasteiger partial charge in [-0.1, -0.05) is 0 Å². The van der Waals surface area contributed by atoms with Crippen LogP contribution in [-0.4, -0.2) is 23.6 Å². The molecule has 0 aliphatic carbocycles. The van der Waals surface area contributed by atoms with Crippen LogP contribution in [0.2, 0.25) is 0 Å². The minimum absolute atomic E-state index is 0.160. The van der Waals surface area contributed by atoms with Gasteiger partial charge in [-0.2, -0.15) is 13.2 Å². The minimum Gasteiger partial charge on any atom is -0.497 e. The number of alkyl halides is 3. The molecule has 4 nitrogen and oxygen atoms in total. The zero-order valence-corrected chi connectivity index (χ0v) is 11.3. The van der Waals surface area contributed by atoms with Crippen molar-refractivity contribution in [2.45, 2.75) is 19.1 Å². The first-order valence-corrected chi connectivity index (χ1v) is 6.52. The summed E-state index contributed by atoms with van der Waals surface area (Å²) in [5, 5.41) is 3.19. The van der Waals surface area contributed by atoms with E-state index in [4.69, 9.17) is 4.74 Å². The molecule has 1 aliphatic heterocycles. The van der Waals surface area contributed by atoms with Gasteiger partial charge in [0.05, 0.1) is 24.1 Å². The molecule has 0 saturated carbocycles. The highest BCUT2D eigenvalue weighted by molar-refractivity contribution is 5.60. The average molecular weight is 297 g/mol. The zero-order chi connectivity index (χ0) is 15.0. The molecule has 0 radical (unpaired) electrons. The maximum Gasteiger partial charge on any atom is 0.416 e. The summed E-state index contributed by atoms with van der Waals surface area (Å²) in [6, 6.07) is 3.61. The fourth-order valence-corrected chi connectivity index (χ4v) is 2.37. The molecule has 0 atom stereocenters. The molecular weight excluding hydrogens is 283 g/mol. The van der Waals surface area contributed by atoms with Crippen molar-refractivity contribution in [3.63, 3.8) is 0 Å². The van der Waals surface area contributed by atoms with Crippen molar-refractivity contribution < 1.29 is 17.9 Å². The predicted molar refractivity (Wildman–Crippen MR) is 71.0 cm³/mol. The third-order valence-corrected chi connectivity index (χ3v) is 3.45. The van der Waals surface area contributed by atoms with Crippen molar-refractivity contribution in [2.75, 3.05) is 13.7 Å². The van der Waals surface area contributed by atoms with Gasteiger partial charge in [-0.25, -0.2) is 4.98 Å². The quantitative estimate of drug-likeness (QED) is 0.896. The lowest BCUT2D eigenvalue weighted by Crippen LogP contribution is -2.23. The molecule has 0 spiro atoms. The lowest BCUT2D eigenvalue weighted by molar-refractivity contribution is -0.137. The van der Waals surface area contributed by atoms with Gasteiger partial charge in [-0.05, 0) is 18.2 Å². The van der Waals surface area contributed by atoms with E-state index in [9.17, 15) is 13.2 Å². The number of benzene rings is 1. The topological polar surface area (TPSA) is 49.9 Å². The summed E-state index contributed by atoms with van der Waals surface area (Å²) in [7, 11) is 1.34. The second-order valence-electron chi connectivity index (χ2n) is 4.89. The lowest BCUT2D eigenvalue weighted by atomic mass is 10.1. The summed E-state index contributed by atoms with van der Waals surface area (Å²) >= 11 is 0. The molecule has 0 bridgehead atoms. The first-order valence-electron chi connectivity index (χ1n) is 6.52. The van der Waals surface area contributed by atoms with Crippen LogP contribution in [0.3, 0.4) is 0 Å². The number of halogens is 3. The van der Waals surface area contributed by atoms with Crippen LogP contribution >= 0.6 is 0 Å². The molecule has 21 heavy (non-hydrogen) atoms. The van der Waals surface area contributed by atoms with Crippen molar-refractivity contribution in [2.24, 2.45) is 0 Å². The van der Waals surface area contributed by atoms with Crippen LogP contribution in [0.25, 0.3) is 11.4 Å². The summed E-state index contributed by atoms with van der Waals surface area (Å²) in [6.45, 7) is 1.47. The summed E-state index contributed by atoms with van der Waals surface area (Å²) in [5.74, 6) is 0.598. The molecule has 7 heteroatoms. The van der Waals surface area contributed by atoms with Gasteiger partial charge in [0.2, 0.25) is 0 Å². The van der Waals surface area contributed by atoms with Gasteiger partial charge in [0.1, 0.15) is 11.6 Å². The number of fused-ring (bicyclic) bond motifs is 1. The molecule has 0 amide bonds. The van der Waals surface area contributed by atoms with Gasteiger partial charge >= 0.3 is 6.18 Å². The fourth-order valence-electron chi connectivity index (χ4n) is 2.37. The highest BCUT2D eigenvalue weighted by Gasteiger charge is 2.32. The van der Waals surface area contributed by atoms with Gasteiger partial charge in [-0.3, -0.25) is 0 Å². The van der Waals surface area contributed by atoms with E-state index in [0.29, 0.717) is 17.9 Å². The Morgan fingerprint density at radius 2 is 2.05 bits per heavy atom. The van der Waals surface area contributed by atoms with Crippen molar-refractivity contribution in [1.29, 1.82) is 0 Å². The van der Waals surface area contributed by atoms with E-state index in [1.54, 1.807) is 6.07 Å². The minimum atomic E-state index is -4.42. The Bertz CT molecular complexity index is 640. The molecule has 112 valence electrons. The van der Waals surface area contributed by atoms with Crippen LogP contribution in [0.5, 0.6) is 5.75 Å². The van der Waals surface area contributed by atoms with Gasteiger partial charge in [0.15, 0.2) is 0 Å². The second kappa shape index (κ2) is 5.07. The zero-order valence-electron chi connectivity index (χ0n) is 11.3. The van der Waals surface area contributed by atoms with E-state index in [0.717, 1.165) is 36.5 Å². The highest BCUT2D eigenvalue weighted by Crippen LogP contribution is 2.35. The highest BCUT2D eigenvalue weighted by atomic mass is 19.4. The van der Waals surface area contributed by atoms with E-state index in [1.165, 1.54) is 7.11 Å².